The van der Waals surface area contributed by atoms with Crippen molar-refractivity contribution in [1.29, 1.82) is 0 Å². The number of nitrogens with one attached hydrogen (secondary N) is 1. The molecule has 0 aromatic carbocycles. The third-order valence-electron chi connectivity index (χ3n) is 3.23. The average molecular weight is 325 g/mol. The maximum Gasteiger partial charge on any atom is 0.231 e. The van der Waals surface area contributed by atoms with Crippen LogP contribution in [0, 0.1) is 0 Å². The second-order valence-corrected chi connectivity index (χ2v) is 5.40. The van der Waals surface area contributed by atoms with Crippen LogP contribution in [0.1, 0.15) is 52.3 Å². The van der Waals surface area contributed by atoms with Crippen molar-refractivity contribution in [1.82, 2.24) is 15.0 Å². The first kappa shape index (κ1) is 19.6. The molecule has 0 aliphatic heterocycles. The highest BCUT2D eigenvalue weighted by Gasteiger charge is 2.09. The summed E-state index contributed by atoms with van der Waals surface area (Å²) in [5.74, 6) is 1.92. The van der Waals surface area contributed by atoms with E-state index in [2.05, 4.69) is 34.1 Å². The van der Waals surface area contributed by atoms with Gasteiger partial charge in [-0.15, -0.1) is 0 Å². The van der Waals surface area contributed by atoms with Crippen LogP contribution in [-0.2, 0) is 15.9 Å². The highest BCUT2D eigenvalue weighted by atomic mass is 16.5. The highest BCUT2D eigenvalue weighted by molar-refractivity contribution is 5.35. The van der Waals surface area contributed by atoms with Crippen molar-refractivity contribution < 1.29 is 9.47 Å². The normalized spacial score (nSPS) is 10.8. The van der Waals surface area contributed by atoms with Crippen LogP contribution in [0.4, 0.5) is 11.9 Å². The van der Waals surface area contributed by atoms with Crippen LogP contribution in [0.3, 0.4) is 0 Å². The summed E-state index contributed by atoms with van der Waals surface area (Å²) in [6.45, 7) is 8.69. The number of anilines is 2. The second-order valence-electron chi connectivity index (χ2n) is 5.40. The predicted octanol–water partition coefficient (Wildman–Crippen LogP) is 2.83. The third-order valence-corrected chi connectivity index (χ3v) is 3.23. The summed E-state index contributed by atoms with van der Waals surface area (Å²) in [6.07, 6.45) is 5.13. The van der Waals surface area contributed by atoms with Crippen LogP contribution in [0.5, 0.6) is 0 Å². The largest absolute Gasteiger partial charge is 0.361 e. The number of hydrogen-bond acceptors (Lipinski definition) is 7. The number of ether oxygens (including phenoxy) is 2. The zero-order valence-corrected chi connectivity index (χ0v) is 15.0. The van der Waals surface area contributed by atoms with E-state index in [9.17, 15) is 0 Å². The number of nitrogens with zero attached hydrogens (tertiary/aromatic N) is 4. The van der Waals surface area contributed by atoms with Crippen LogP contribution in [-0.4, -0.2) is 48.7 Å². The fourth-order valence-corrected chi connectivity index (χ4v) is 1.76. The van der Waals surface area contributed by atoms with Gasteiger partial charge in [0, 0.05) is 26.7 Å². The van der Waals surface area contributed by atoms with E-state index in [-0.39, 0.29) is 0 Å². The van der Waals surface area contributed by atoms with Gasteiger partial charge in [-0.25, -0.2) is 0 Å². The topological polar surface area (TPSA) is 72.4 Å². The van der Waals surface area contributed by atoms with E-state index < -0.39 is 0 Å². The molecule has 1 heterocycles. The summed E-state index contributed by atoms with van der Waals surface area (Å²) in [5, 5.41) is 3.10. The van der Waals surface area contributed by atoms with Crippen molar-refractivity contribution >= 4 is 11.9 Å². The molecule has 0 atom stereocenters. The maximum absolute atomic E-state index is 5.61. The van der Waals surface area contributed by atoms with Crippen LogP contribution in [0.25, 0.3) is 0 Å². The summed E-state index contributed by atoms with van der Waals surface area (Å²) in [5.41, 5.74) is 0. The molecule has 7 heteroatoms. The van der Waals surface area contributed by atoms with E-state index >= 15 is 0 Å². The zero-order valence-electron chi connectivity index (χ0n) is 15.0. The number of aryl methyl sites for hydroxylation is 1. The Morgan fingerprint density at radius 2 is 1.65 bits per heavy atom. The summed E-state index contributed by atoms with van der Waals surface area (Å²) in [6, 6.07) is 0. The molecule has 0 aliphatic carbocycles. The van der Waals surface area contributed by atoms with Gasteiger partial charge >= 0.3 is 0 Å². The molecule has 1 rings (SSSR count). The van der Waals surface area contributed by atoms with Crippen molar-refractivity contribution in [3.63, 3.8) is 0 Å². The van der Waals surface area contributed by atoms with Crippen LogP contribution < -0.4 is 10.2 Å². The smallest absolute Gasteiger partial charge is 0.231 e. The maximum atomic E-state index is 5.61. The van der Waals surface area contributed by atoms with Gasteiger partial charge in [-0.3, -0.25) is 0 Å². The van der Waals surface area contributed by atoms with Crippen LogP contribution in [0.2, 0.25) is 0 Å². The Balaban J connectivity index is 2.55. The molecule has 1 aromatic heterocycles. The molecule has 0 bridgehead atoms. The minimum Gasteiger partial charge on any atom is -0.361 e. The van der Waals surface area contributed by atoms with E-state index in [0.29, 0.717) is 25.4 Å². The molecule has 0 amide bonds. The Labute approximate surface area is 139 Å². The quantitative estimate of drug-likeness (QED) is 0.441. The number of hydrogen-bond donors (Lipinski definition) is 1. The van der Waals surface area contributed by atoms with Crippen molar-refractivity contribution in [2.45, 2.75) is 52.9 Å². The predicted molar refractivity (Wildman–Crippen MR) is 92.7 cm³/mol. The zero-order chi connectivity index (χ0) is 16.9. The molecular weight excluding hydrogens is 294 g/mol. The Morgan fingerprint density at radius 3 is 2.30 bits per heavy atom. The SMILES string of the molecule is CCCCOCNc1nc(CC)nc(N(C)COCCCC)n1. The number of rotatable bonds is 13. The minimum absolute atomic E-state index is 0.406. The monoisotopic (exact) mass is 325 g/mol. The molecule has 0 unspecified atom stereocenters. The lowest BCUT2D eigenvalue weighted by Gasteiger charge is -2.18. The van der Waals surface area contributed by atoms with Gasteiger partial charge in [-0.2, -0.15) is 15.0 Å². The van der Waals surface area contributed by atoms with Gasteiger partial charge in [0.05, 0.1) is 0 Å². The summed E-state index contributed by atoms with van der Waals surface area (Å²) >= 11 is 0. The number of aromatic nitrogens is 3. The summed E-state index contributed by atoms with van der Waals surface area (Å²) in [7, 11) is 1.92. The molecule has 0 saturated heterocycles. The molecule has 7 nitrogen and oxygen atoms in total. The highest BCUT2D eigenvalue weighted by Crippen LogP contribution is 2.10. The molecule has 1 aromatic rings. The van der Waals surface area contributed by atoms with Crippen molar-refractivity contribution in [3.8, 4) is 0 Å². The standard InChI is InChI=1S/C16H31N5O2/c1-5-8-10-22-12-17-15-18-14(7-3)19-16(20-15)21(4)13-23-11-9-6-2/h5-13H2,1-4H3,(H,17,18,19,20). The van der Waals surface area contributed by atoms with E-state index in [1.165, 1.54) is 0 Å². The minimum atomic E-state index is 0.406. The Hall–Kier alpha value is -1.47. The molecule has 0 fully saturated rings. The first-order valence-corrected chi connectivity index (χ1v) is 8.56. The van der Waals surface area contributed by atoms with Crippen LogP contribution >= 0.6 is 0 Å². The summed E-state index contributed by atoms with van der Waals surface area (Å²) < 4.78 is 11.1. The lowest BCUT2D eigenvalue weighted by Crippen LogP contribution is -2.25. The molecule has 0 radical (unpaired) electrons. The first-order valence-electron chi connectivity index (χ1n) is 8.56. The second kappa shape index (κ2) is 12.0. The van der Waals surface area contributed by atoms with Gasteiger partial charge in [0.1, 0.15) is 19.3 Å². The molecule has 1 N–H and O–H groups in total. The first-order chi connectivity index (χ1) is 11.2. The average Bonchev–Trinajstić information content (AvgIpc) is 2.58. The molecule has 23 heavy (non-hydrogen) atoms. The van der Waals surface area contributed by atoms with Gasteiger partial charge < -0.3 is 19.7 Å². The van der Waals surface area contributed by atoms with Crippen LogP contribution in [0.15, 0.2) is 0 Å². The van der Waals surface area contributed by atoms with Crippen molar-refractivity contribution in [2.24, 2.45) is 0 Å². The van der Waals surface area contributed by atoms with E-state index in [0.717, 1.165) is 51.1 Å². The van der Waals surface area contributed by atoms with Gasteiger partial charge in [0.15, 0.2) is 0 Å². The summed E-state index contributed by atoms with van der Waals surface area (Å²) in [4.78, 5) is 15.2. The van der Waals surface area contributed by atoms with Crippen molar-refractivity contribution in [3.05, 3.63) is 5.82 Å². The Kier molecular flexibility index (Phi) is 10.2. The molecular formula is C16H31N5O2. The fraction of sp³-hybridized carbons (Fsp3) is 0.812. The van der Waals surface area contributed by atoms with Gasteiger partial charge in [0.2, 0.25) is 11.9 Å². The molecule has 0 aliphatic rings. The fourth-order valence-electron chi connectivity index (χ4n) is 1.76. The lowest BCUT2D eigenvalue weighted by atomic mass is 10.4. The Morgan fingerprint density at radius 1 is 0.957 bits per heavy atom. The molecule has 0 spiro atoms. The van der Waals surface area contributed by atoms with E-state index in [1.807, 2.05) is 18.9 Å². The van der Waals surface area contributed by atoms with E-state index in [1.54, 1.807) is 0 Å². The van der Waals surface area contributed by atoms with Gasteiger partial charge in [0.25, 0.3) is 0 Å². The Bertz CT molecular complexity index is 431. The van der Waals surface area contributed by atoms with Gasteiger partial charge in [-0.1, -0.05) is 33.6 Å². The molecule has 132 valence electrons. The lowest BCUT2D eigenvalue weighted by molar-refractivity contribution is 0.133. The van der Waals surface area contributed by atoms with Gasteiger partial charge in [-0.05, 0) is 12.8 Å². The molecule has 0 saturated carbocycles. The van der Waals surface area contributed by atoms with Crippen molar-refractivity contribution in [2.75, 3.05) is 43.9 Å². The number of unbranched alkanes of at least 4 members (excludes halogenated alkanes) is 2. The van der Waals surface area contributed by atoms with E-state index in [4.69, 9.17) is 9.47 Å². The third kappa shape index (κ3) is 8.08.